The third kappa shape index (κ3) is 4.98. The molecule has 0 bridgehead atoms. The van der Waals surface area contributed by atoms with Crippen molar-refractivity contribution >= 4 is 12.0 Å². The summed E-state index contributed by atoms with van der Waals surface area (Å²) in [5.74, 6) is -0.247. The van der Waals surface area contributed by atoms with Gasteiger partial charge in [0.05, 0.1) is 13.7 Å². The molecule has 3 heteroatoms. The second-order valence-corrected chi connectivity index (χ2v) is 3.02. The van der Waals surface area contributed by atoms with Crippen molar-refractivity contribution in [1.29, 1.82) is 0 Å². The van der Waals surface area contributed by atoms with Crippen LogP contribution in [0.3, 0.4) is 0 Å². The van der Waals surface area contributed by atoms with Gasteiger partial charge >= 0.3 is 5.97 Å². The van der Waals surface area contributed by atoms with Gasteiger partial charge in [-0.15, -0.1) is 0 Å². The van der Waals surface area contributed by atoms with E-state index in [4.69, 9.17) is 0 Å². The van der Waals surface area contributed by atoms with Gasteiger partial charge in [-0.2, -0.15) is 0 Å². The fourth-order valence-electron chi connectivity index (χ4n) is 1.09. The molecule has 0 unspecified atom stereocenters. The van der Waals surface area contributed by atoms with Crippen LogP contribution in [0.5, 0.6) is 0 Å². The molecule has 15 heavy (non-hydrogen) atoms. The minimum absolute atomic E-state index is 0.246. The van der Waals surface area contributed by atoms with E-state index in [-0.39, 0.29) is 12.5 Å². The zero-order valence-electron chi connectivity index (χ0n) is 8.77. The second kappa shape index (κ2) is 6.79. The summed E-state index contributed by atoms with van der Waals surface area (Å²) in [6, 6.07) is 10.0. The zero-order valence-corrected chi connectivity index (χ0v) is 8.77. The van der Waals surface area contributed by atoms with Crippen molar-refractivity contribution in [2.45, 2.75) is 0 Å². The number of esters is 1. The first-order valence-electron chi connectivity index (χ1n) is 4.82. The molecule has 1 aromatic carbocycles. The Balaban J connectivity index is 2.20. The molecular weight excluding hydrogens is 190 g/mol. The normalized spacial score (nSPS) is 10.5. The van der Waals surface area contributed by atoms with Crippen molar-refractivity contribution in [3.8, 4) is 0 Å². The van der Waals surface area contributed by atoms with Crippen molar-refractivity contribution in [1.82, 2.24) is 5.32 Å². The molecule has 0 saturated heterocycles. The van der Waals surface area contributed by atoms with E-state index < -0.39 is 0 Å². The lowest BCUT2D eigenvalue weighted by molar-refractivity contribution is -0.139. The van der Waals surface area contributed by atoms with Crippen LogP contribution in [0.15, 0.2) is 36.4 Å². The van der Waals surface area contributed by atoms with Gasteiger partial charge in [0.2, 0.25) is 0 Å². The van der Waals surface area contributed by atoms with Crippen LogP contribution in [-0.4, -0.2) is 26.2 Å². The topological polar surface area (TPSA) is 38.3 Å². The minimum Gasteiger partial charge on any atom is -0.468 e. The third-order valence-corrected chi connectivity index (χ3v) is 1.87. The van der Waals surface area contributed by atoms with E-state index >= 15 is 0 Å². The summed E-state index contributed by atoms with van der Waals surface area (Å²) < 4.78 is 4.49. The second-order valence-electron chi connectivity index (χ2n) is 3.02. The summed E-state index contributed by atoms with van der Waals surface area (Å²) in [5, 5.41) is 2.94. The van der Waals surface area contributed by atoms with Gasteiger partial charge in [-0.1, -0.05) is 42.5 Å². The highest BCUT2D eigenvalue weighted by atomic mass is 16.5. The van der Waals surface area contributed by atoms with Gasteiger partial charge in [0.25, 0.3) is 0 Å². The first-order valence-corrected chi connectivity index (χ1v) is 4.82. The van der Waals surface area contributed by atoms with Crippen LogP contribution in [-0.2, 0) is 9.53 Å². The number of methoxy groups -OCH3 is 1. The van der Waals surface area contributed by atoms with Gasteiger partial charge in [-0.3, -0.25) is 4.79 Å². The minimum atomic E-state index is -0.247. The first-order chi connectivity index (χ1) is 7.33. The highest BCUT2D eigenvalue weighted by Gasteiger charge is 1.95. The lowest BCUT2D eigenvalue weighted by atomic mass is 10.2. The molecule has 0 heterocycles. The SMILES string of the molecule is COC(=O)CNC/C=C/c1ccccc1. The monoisotopic (exact) mass is 205 g/mol. The van der Waals surface area contributed by atoms with Gasteiger partial charge in [-0.05, 0) is 5.56 Å². The van der Waals surface area contributed by atoms with E-state index in [9.17, 15) is 4.79 Å². The fourth-order valence-corrected chi connectivity index (χ4v) is 1.09. The average molecular weight is 205 g/mol. The Morgan fingerprint density at radius 3 is 2.80 bits per heavy atom. The Morgan fingerprint density at radius 2 is 2.13 bits per heavy atom. The smallest absolute Gasteiger partial charge is 0.319 e. The highest BCUT2D eigenvalue weighted by Crippen LogP contribution is 1.99. The van der Waals surface area contributed by atoms with Crippen LogP contribution in [0, 0.1) is 0 Å². The Bertz CT molecular complexity index is 320. The van der Waals surface area contributed by atoms with E-state index in [2.05, 4.69) is 10.1 Å². The number of carbonyl (C=O) groups is 1. The number of nitrogens with one attached hydrogen (secondary N) is 1. The van der Waals surface area contributed by atoms with Crippen molar-refractivity contribution in [3.05, 3.63) is 42.0 Å². The maximum Gasteiger partial charge on any atom is 0.319 e. The molecule has 80 valence electrons. The lowest BCUT2D eigenvalue weighted by Gasteiger charge is -1.98. The molecule has 1 aromatic rings. The molecule has 0 atom stereocenters. The van der Waals surface area contributed by atoms with Gasteiger partial charge < -0.3 is 10.1 Å². The molecule has 0 aliphatic heterocycles. The Kier molecular flexibility index (Phi) is 5.19. The first kappa shape index (κ1) is 11.5. The van der Waals surface area contributed by atoms with Gasteiger partial charge in [0.1, 0.15) is 0 Å². The van der Waals surface area contributed by atoms with E-state index in [0.717, 1.165) is 5.56 Å². The molecule has 3 nitrogen and oxygen atoms in total. The van der Waals surface area contributed by atoms with E-state index in [1.807, 2.05) is 42.5 Å². The Labute approximate surface area is 89.8 Å². The maximum absolute atomic E-state index is 10.7. The van der Waals surface area contributed by atoms with Gasteiger partial charge in [0, 0.05) is 6.54 Å². The van der Waals surface area contributed by atoms with Gasteiger partial charge in [0.15, 0.2) is 0 Å². The molecule has 1 N–H and O–H groups in total. The van der Waals surface area contributed by atoms with E-state index in [0.29, 0.717) is 6.54 Å². The number of hydrogen-bond donors (Lipinski definition) is 1. The summed E-state index contributed by atoms with van der Waals surface area (Å²) >= 11 is 0. The van der Waals surface area contributed by atoms with Crippen LogP contribution in [0.1, 0.15) is 5.56 Å². The molecular formula is C12H15NO2. The maximum atomic E-state index is 10.7. The van der Waals surface area contributed by atoms with E-state index in [1.54, 1.807) is 0 Å². The van der Waals surface area contributed by atoms with Crippen molar-refractivity contribution in [2.75, 3.05) is 20.2 Å². The third-order valence-electron chi connectivity index (χ3n) is 1.87. The van der Waals surface area contributed by atoms with Crippen LogP contribution in [0.4, 0.5) is 0 Å². The molecule has 0 aliphatic rings. The number of rotatable bonds is 5. The molecule has 1 rings (SSSR count). The molecule has 0 aromatic heterocycles. The molecule has 0 fully saturated rings. The van der Waals surface area contributed by atoms with Crippen molar-refractivity contribution < 1.29 is 9.53 Å². The summed E-state index contributed by atoms with van der Waals surface area (Å²) in [6.07, 6.45) is 3.97. The largest absolute Gasteiger partial charge is 0.468 e. The van der Waals surface area contributed by atoms with E-state index in [1.165, 1.54) is 7.11 Å². The van der Waals surface area contributed by atoms with Crippen molar-refractivity contribution in [3.63, 3.8) is 0 Å². The molecule has 0 saturated carbocycles. The summed E-state index contributed by atoms with van der Waals surface area (Å²) in [4.78, 5) is 10.7. The molecule has 0 amide bonds. The quantitative estimate of drug-likeness (QED) is 0.584. The van der Waals surface area contributed by atoms with Crippen LogP contribution < -0.4 is 5.32 Å². The molecule has 0 spiro atoms. The van der Waals surface area contributed by atoms with Gasteiger partial charge in [-0.25, -0.2) is 0 Å². The summed E-state index contributed by atoms with van der Waals surface area (Å²) in [7, 11) is 1.38. The Morgan fingerprint density at radius 1 is 1.40 bits per heavy atom. The van der Waals surface area contributed by atoms with Crippen LogP contribution in [0.25, 0.3) is 6.08 Å². The lowest BCUT2D eigenvalue weighted by Crippen LogP contribution is -2.23. The number of benzene rings is 1. The summed E-state index contributed by atoms with van der Waals surface area (Å²) in [6.45, 7) is 0.902. The number of carbonyl (C=O) groups excluding carboxylic acids is 1. The standard InChI is InChI=1S/C12H15NO2/c1-15-12(14)10-13-9-5-8-11-6-3-2-4-7-11/h2-8,13H,9-10H2,1H3/b8-5+. The Hall–Kier alpha value is -1.61. The molecule has 0 radical (unpaired) electrons. The predicted octanol–water partition coefficient (Wildman–Crippen LogP) is 1.46. The number of ether oxygens (including phenoxy) is 1. The number of hydrogen-bond acceptors (Lipinski definition) is 3. The molecule has 0 aliphatic carbocycles. The average Bonchev–Trinajstić information content (AvgIpc) is 2.29. The summed E-state index contributed by atoms with van der Waals surface area (Å²) in [5.41, 5.74) is 1.15. The highest BCUT2D eigenvalue weighted by molar-refractivity contribution is 5.71. The fraction of sp³-hybridized carbons (Fsp3) is 0.250. The predicted molar refractivity (Wildman–Crippen MR) is 60.4 cm³/mol. The van der Waals surface area contributed by atoms with Crippen LogP contribution in [0.2, 0.25) is 0 Å². The van der Waals surface area contributed by atoms with Crippen LogP contribution >= 0.6 is 0 Å². The van der Waals surface area contributed by atoms with Crippen molar-refractivity contribution in [2.24, 2.45) is 0 Å². The zero-order chi connectivity index (χ0) is 10.9.